The third kappa shape index (κ3) is 4.11. The number of hydrogen-bond acceptors (Lipinski definition) is 3. The van der Waals surface area contributed by atoms with Gasteiger partial charge in [0.05, 0.1) is 19.4 Å². The molecule has 1 aromatic carbocycles. The van der Waals surface area contributed by atoms with Crippen molar-refractivity contribution in [1.29, 1.82) is 0 Å². The van der Waals surface area contributed by atoms with Crippen LogP contribution in [0.2, 0.25) is 0 Å². The van der Waals surface area contributed by atoms with Crippen molar-refractivity contribution in [3.05, 3.63) is 23.8 Å². The molecule has 0 spiro atoms. The lowest BCUT2D eigenvalue weighted by Gasteiger charge is -2.25. The van der Waals surface area contributed by atoms with Crippen LogP contribution in [0.3, 0.4) is 0 Å². The van der Waals surface area contributed by atoms with Crippen LogP contribution in [0.5, 0.6) is 5.75 Å². The zero-order valence-electron chi connectivity index (χ0n) is 11.6. The molecule has 0 fully saturated rings. The number of amides is 1. The topological polar surface area (TPSA) is 38.8 Å². The van der Waals surface area contributed by atoms with E-state index in [1.807, 2.05) is 32.0 Å². The second-order valence-electron chi connectivity index (χ2n) is 4.00. The van der Waals surface area contributed by atoms with E-state index in [9.17, 15) is 4.79 Å². The first-order chi connectivity index (χ1) is 9.15. The predicted molar refractivity (Wildman–Crippen MR) is 77.3 cm³/mol. The zero-order valence-corrected chi connectivity index (χ0v) is 12.4. The Labute approximate surface area is 119 Å². The van der Waals surface area contributed by atoms with Crippen molar-refractivity contribution in [2.24, 2.45) is 0 Å². The maximum absolute atomic E-state index is 12.0. The summed E-state index contributed by atoms with van der Waals surface area (Å²) in [5, 5.41) is 0. The number of benzene rings is 1. The van der Waals surface area contributed by atoms with Gasteiger partial charge in [-0.25, -0.2) is 0 Å². The van der Waals surface area contributed by atoms with Crippen molar-refractivity contribution < 1.29 is 14.3 Å². The molecule has 1 rings (SSSR count). The van der Waals surface area contributed by atoms with Gasteiger partial charge in [-0.3, -0.25) is 4.79 Å². The summed E-state index contributed by atoms with van der Waals surface area (Å²) < 4.78 is 10.6. The Balaban J connectivity index is 3.05. The SMILES string of the molecule is CCOCCN(C(=O)CCl)c1c(C)cccc1OC. The number of nitrogens with zero attached hydrogens (tertiary/aromatic N) is 1. The number of halogens is 1. The van der Waals surface area contributed by atoms with Crippen LogP contribution in [0.15, 0.2) is 18.2 Å². The molecule has 0 radical (unpaired) electrons. The maximum atomic E-state index is 12.0. The summed E-state index contributed by atoms with van der Waals surface area (Å²) in [7, 11) is 1.59. The average molecular weight is 286 g/mol. The number of carbonyl (C=O) groups excluding carboxylic acids is 1. The fourth-order valence-corrected chi connectivity index (χ4v) is 2.02. The molecule has 19 heavy (non-hydrogen) atoms. The van der Waals surface area contributed by atoms with E-state index in [0.717, 1.165) is 11.3 Å². The second-order valence-corrected chi connectivity index (χ2v) is 4.27. The first kappa shape index (κ1) is 15.8. The smallest absolute Gasteiger partial charge is 0.242 e. The summed E-state index contributed by atoms with van der Waals surface area (Å²) in [6.45, 7) is 5.40. The maximum Gasteiger partial charge on any atom is 0.242 e. The standard InChI is InChI=1S/C14H20ClNO3/c1-4-19-9-8-16(13(17)10-15)14-11(2)6-5-7-12(14)18-3/h5-7H,4,8-10H2,1-3H3. The van der Waals surface area contributed by atoms with Crippen LogP contribution in [-0.2, 0) is 9.53 Å². The molecule has 0 atom stereocenters. The van der Waals surface area contributed by atoms with Gasteiger partial charge in [0, 0.05) is 13.2 Å². The van der Waals surface area contributed by atoms with Crippen LogP contribution < -0.4 is 9.64 Å². The second kappa shape index (κ2) is 8.02. The van der Waals surface area contributed by atoms with Gasteiger partial charge >= 0.3 is 0 Å². The van der Waals surface area contributed by atoms with E-state index >= 15 is 0 Å². The van der Waals surface area contributed by atoms with Crippen LogP contribution in [0.1, 0.15) is 12.5 Å². The van der Waals surface area contributed by atoms with Gasteiger partial charge in [-0.1, -0.05) is 12.1 Å². The number of carbonyl (C=O) groups is 1. The number of anilines is 1. The minimum Gasteiger partial charge on any atom is -0.495 e. The van der Waals surface area contributed by atoms with Crippen LogP contribution >= 0.6 is 11.6 Å². The molecule has 5 heteroatoms. The van der Waals surface area contributed by atoms with Crippen LogP contribution in [-0.4, -0.2) is 38.7 Å². The Kier molecular flexibility index (Phi) is 6.67. The third-order valence-corrected chi connectivity index (χ3v) is 3.00. The van der Waals surface area contributed by atoms with Crippen molar-refractivity contribution in [1.82, 2.24) is 0 Å². The van der Waals surface area contributed by atoms with E-state index in [1.165, 1.54) is 0 Å². The zero-order chi connectivity index (χ0) is 14.3. The van der Waals surface area contributed by atoms with Gasteiger partial charge < -0.3 is 14.4 Å². The lowest BCUT2D eigenvalue weighted by atomic mass is 10.1. The normalized spacial score (nSPS) is 10.3. The first-order valence-electron chi connectivity index (χ1n) is 6.23. The molecule has 0 aromatic heterocycles. The van der Waals surface area contributed by atoms with Gasteiger partial charge in [-0.2, -0.15) is 0 Å². The summed E-state index contributed by atoms with van der Waals surface area (Å²) >= 11 is 5.68. The summed E-state index contributed by atoms with van der Waals surface area (Å²) in [6, 6.07) is 5.66. The van der Waals surface area contributed by atoms with E-state index in [2.05, 4.69) is 0 Å². The summed E-state index contributed by atoms with van der Waals surface area (Å²) in [5.74, 6) is 0.438. The molecular formula is C14H20ClNO3. The molecule has 0 heterocycles. The molecule has 0 bridgehead atoms. The van der Waals surface area contributed by atoms with Gasteiger partial charge in [0.25, 0.3) is 0 Å². The highest BCUT2D eigenvalue weighted by Crippen LogP contribution is 2.31. The number of ether oxygens (including phenoxy) is 2. The molecule has 0 aliphatic rings. The highest BCUT2D eigenvalue weighted by molar-refractivity contribution is 6.29. The molecule has 0 N–H and O–H groups in total. The quantitative estimate of drug-likeness (QED) is 0.571. The van der Waals surface area contributed by atoms with E-state index in [0.29, 0.717) is 25.5 Å². The van der Waals surface area contributed by atoms with Crippen LogP contribution in [0, 0.1) is 6.92 Å². The first-order valence-corrected chi connectivity index (χ1v) is 6.76. The van der Waals surface area contributed by atoms with Crippen molar-refractivity contribution in [2.45, 2.75) is 13.8 Å². The monoisotopic (exact) mass is 285 g/mol. The third-order valence-electron chi connectivity index (χ3n) is 2.77. The number of aryl methyl sites for hydroxylation is 1. The summed E-state index contributed by atoms with van der Waals surface area (Å²) in [5.41, 5.74) is 1.73. The number of methoxy groups -OCH3 is 1. The average Bonchev–Trinajstić information content (AvgIpc) is 2.43. The van der Waals surface area contributed by atoms with Gasteiger partial charge in [0.2, 0.25) is 5.91 Å². The fraction of sp³-hybridized carbons (Fsp3) is 0.500. The molecule has 0 saturated heterocycles. The summed E-state index contributed by atoms with van der Waals surface area (Å²) in [6.07, 6.45) is 0. The van der Waals surface area contributed by atoms with Gasteiger partial charge in [-0.15, -0.1) is 11.6 Å². The minimum atomic E-state index is -0.158. The molecule has 0 saturated carbocycles. The van der Waals surface area contributed by atoms with Crippen molar-refractivity contribution in [3.63, 3.8) is 0 Å². The van der Waals surface area contributed by atoms with Crippen molar-refractivity contribution >= 4 is 23.2 Å². The molecule has 106 valence electrons. The predicted octanol–water partition coefficient (Wildman–Crippen LogP) is 2.61. The van der Waals surface area contributed by atoms with Crippen molar-refractivity contribution in [2.75, 3.05) is 37.6 Å². The fourth-order valence-electron chi connectivity index (χ4n) is 1.88. The lowest BCUT2D eigenvalue weighted by molar-refractivity contribution is -0.116. The molecule has 1 aromatic rings. The van der Waals surface area contributed by atoms with E-state index < -0.39 is 0 Å². The molecule has 0 unspecified atom stereocenters. The number of hydrogen-bond donors (Lipinski definition) is 0. The Morgan fingerprint density at radius 1 is 1.42 bits per heavy atom. The summed E-state index contributed by atoms with van der Waals surface area (Å²) in [4.78, 5) is 13.6. The van der Waals surface area contributed by atoms with Gasteiger partial charge in [0.15, 0.2) is 0 Å². The largest absolute Gasteiger partial charge is 0.495 e. The minimum absolute atomic E-state index is 0.0659. The Morgan fingerprint density at radius 3 is 2.74 bits per heavy atom. The Hall–Kier alpha value is -1.26. The Morgan fingerprint density at radius 2 is 2.16 bits per heavy atom. The molecular weight excluding hydrogens is 266 g/mol. The van der Waals surface area contributed by atoms with Gasteiger partial charge in [0.1, 0.15) is 11.6 Å². The Bertz CT molecular complexity index is 423. The number of rotatable bonds is 7. The van der Waals surface area contributed by atoms with Gasteiger partial charge in [-0.05, 0) is 25.5 Å². The number of alkyl halides is 1. The number of para-hydroxylation sites is 1. The lowest BCUT2D eigenvalue weighted by Crippen LogP contribution is -2.35. The van der Waals surface area contributed by atoms with E-state index in [4.69, 9.17) is 21.1 Å². The van der Waals surface area contributed by atoms with Crippen molar-refractivity contribution in [3.8, 4) is 5.75 Å². The molecule has 0 aliphatic heterocycles. The molecule has 0 aliphatic carbocycles. The van der Waals surface area contributed by atoms with Crippen LogP contribution in [0.4, 0.5) is 5.69 Å². The van der Waals surface area contributed by atoms with Crippen LogP contribution in [0.25, 0.3) is 0 Å². The van der Waals surface area contributed by atoms with E-state index in [1.54, 1.807) is 12.0 Å². The molecule has 4 nitrogen and oxygen atoms in total. The van der Waals surface area contributed by atoms with E-state index in [-0.39, 0.29) is 11.8 Å². The highest BCUT2D eigenvalue weighted by atomic mass is 35.5. The highest BCUT2D eigenvalue weighted by Gasteiger charge is 2.20. The molecule has 1 amide bonds.